The number of hydrogen-bond donors (Lipinski definition) is 0. The molecule has 0 atom stereocenters. The minimum Gasteiger partial charge on any atom is -0.463 e. The Morgan fingerprint density at radius 3 is 2.50 bits per heavy atom. The molecule has 0 radical (unpaired) electrons. The van der Waals surface area contributed by atoms with Gasteiger partial charge in [0.1, 0.15) is 0 Å². The molecule has 0 amide bonds. The van der Waals surface area contributed by atoms with Crippen molar-refractivity contribution in [2.75, 3.05) is 6.61 Å². The van der Waals surface area contributed by atoms with Crippen LogP contribution in [0.5, 0.6) is 0 Å². The Hall–Kier alpha value is 0.887. The van der Waals surface area contributed by atoms with Crippen molar-refractivity contribution in [3.05, 3.63) is 12.7 Å². The van der Waals surface area contributed by atoms with Gasteiger partial charge in [0.25, 0.3) is 0 Å². The van der Waals surface area contributed by atoms with Gasteiger partial charge < -0.3 is 4.74 Å². The largest absolute Gasteiger partial charge is 0.463 e. The molecule has 94 valence electrons. The smallest absolute Gasteiger partial charge is 0.330 e. The van der Waals surface area contributed by atoms with E-state index in [1.165, 1.54) is 37.8 Å². The van der Waals surface area contributed by atoms with Crippen LogP contribution >= 0.6 is 45.2 Å². The number of rotatable bonds is 10. The van der Waals surface area contributed by atoms with E-state index < -0.39 is 0 Å². The first kappa shape index (κ1) is 16.9. The monoisotopic (exact) mass is 466 g/mol. The first-order chi connectivity index (χ1) is 7.66. The summed E-state index contributed by atoms with van der Waals surface area (Å²) in [5.74, 6) is -0.305. The second-order valence-corrected chi connectivity index (χ2v) is 14.5. The third kappa shape index (κ3) is 13.0. The van der Waals surface area contributed by atoms with Gasteiger partial charge in [-0.15, -0.1) is 0 Å². The molecule has 0 spiro atoms. The third-order valence-corrected chi connectivity index (χ3v) is 7.31. The van der Waals surface area contributed by atoms with Gasteiger partial charge in [0.15, 0.2) is 0 Å². The quantitative estimate of drug-likeness (QED) is 0.123. The summed E-state index contributed by atoms with van der Waals surface area (Å²) in [4.78, 5) is 10.7. The summed E-state index contributed by atoms with van der Waals surface area (Å²) in [5.41, 5.74) is 0. The van der Waals surface area contributed by atoms with Crippen molar-refractivity contribution in [3.63, 3.8) is 0 Å². The summed E-state index contributed by atoms with van der Waals surface area (Å²) >= 11 is 5.05. The van der Waals surface area contributed by atoms with Crippen LogP contribution in [0.4, 0.5) is 0 Å². The Kier molecular flexibility index (Phi) is 13.0. The normalized spacial score (nSPS) is 11.2. The van der Waals surface area contributed by atoms with Crippen molar-refractivity contribution in [1.82, 2.24) is 0 Å². The Morgan fingerprint density at radius 1 is 1.25 bits per heavy atom. The number of carbonyl (C=O) groups is 1. The summed E-state index contributed by atoms with van der Waals surface area (Å²) < 4.78 is 5.81. The van der Waals surface area contributed by atoms with Gasteiger partial charge in [-0.2, -0.15) is 0 Å². The zero-order chi connectivity index (χ0) is 12.2. The average molecular weight is 466 g/mol. The number of unbranched alkanes of at least 4 members (excludes halogenated alkanes) is 4. The van der Waals surface area contributed by atoms with Gasteiger partial charge in [0.05, 0.1) is 6.61 Å². The zero-order valence-electron chi connectivity index (χ0n) is 9.59. The molecule has 0 aromatic rings. The molecule has 0 bridgehead atoms. The molecular formula is C11H20I2O2Si. The van der Waals surface area contributed by atoms with Crippen molar-refractivity contribution in [2.45, 2.75) is 39.7 Å². The Morgan fingerprint density at radius 2 is 1.88 bits per heavy atom. The van der Waals surface area contributed by atoms with E-state index in [9.17, 15) is 4.79 Å². The van der Waals surface area contributed by atoms with Gasteiger partial charge in [-0.1, -0.05) is 83.5 Å². The molecule has 0 N–H and O–H groups in total. The molecule has 0 fully saturated rings. The molecule has 0 aliphatic rings. The number of alkyl halides is 2. The molecule has 2 nitrogen and oxygen atoms in total. The highest BCUT2D eigenvalue weighted by Gasteiger charge is 1.98. The van der Waals surface area contributed by atoms with Crippen LogP contribution in [-0.2, 0) is 9.53 Å². The molecule has 0 rings (SSSR count). The van der Waals surface area contributed by atoms with E-state index in [-0.39, 0.29) is 15.5 Å². The molecule has 0 saturated heterocycles. The topological polar surface area (TPSA) is 26.3 Å². The summed E-state index contributed by atoms with van der Waals surface area (Å²) in [7, 11) is 0.181. The molecule has 0 aromatic heterocycles. The molecule has 0 aliphatic carbocycles. The van der Waals surface area contributed by atoms with Gasteiger partial charge in [0.2, 0.25) is 0 Å². The molecule has 0 saturated carbocycles. The number of carbonyl (C=O) groups excluding carboxylic acids is 1. The van der Waals surface area contributed by atoms with Crippen LogP contribution in [0, 0.1) is 0 Å². The predicted octanol–water partition coefficient (Wildman–Crippen LogP) is 3.41. The fourth-order valence-electron chi connectivity index (χ4n) is 1.34. The fourth-order valence-corrected chi connectivity index (χ4v) is 4.93. The van der Waals surface area contributed by atoms with Gasteiger partial charge >= 0.3 is 5.97 Å². The van der Waals surface area contributed by atoms with Crippen LogP contribution < -0.4 is 0 Å². The first-order valence-electron chi connectivity index (χ1n) is 5.74. The lowest BCUT2D eigenvalue weighted by Crippen LogP contribution is -2.01. The second kappa shape index (κ2) is 12.3. The molecular weight excluding hydrogens is 446 g/mol. The highest BCUT2D eigenvalue weighted by atomic mass is 127. The summed E-state index contributed by atoms with van der Waals surface area (Å²) in [6.45, 7) is 3.90. The van der Waals surface area contributed by atoms with Crippen LogP contribution in [0.2, 0.25) is 6.04 Å². The summed E-state index contributed by atoms with van der Waals surface area (Å²) in [5, 5.41) is 0. The Labute approximate surface area is 128 Å². The highest BCUT2D eigenvalue weighted by Crippen LogP contribution is 2.12. The second-order valence-electron chi connectivity index (χ2n) is 3.67. The maximum atomic E-state index is 10.7. The number of ether oxygens (including phenoxy) is 1. The van der Waals surface area contributed by atoms with Crippen LogP contribution in [-0.4, -0.2) is 23.7 Å². The minimum atomic E-state index is -0.305. The van der Waals surface area contributed by atoms with Crippen LogP contribution in [0.1, 0.15) is 32.1 Å². The highest BCUT2D eigenvalue weighted by molar-refractivity contribution is 14.2. The number of hydrogen-bond acceptors (Lipinski definition) is 2. The first-order valence-corrected chi connectivity index (χ1v) is 10.0. The Balaban J connectivity index is 3.04. The summed E-state index contributed by atoms with van der Waals surface area (Å²) in [6.07, 6.45) is 7.37. The number of halogens is 2. The standard InChI is InChI=1S/C11H20I2O2Si/c1-2-10(14)15-8-6-4-3-5-7-9-16-11(12)13/h2,11H,1,3-9,16H2. The summed E-state index contributed by atoms with van der Waals surface area (Å²) in [6, 6.07) is 1.47. The molecule has 0 aliphatic heterocycles. The van der Waals surface area contributed by atoms with Crippen molar-refractivity contribution in [3.8, 4) is 0 Å². The molecule has 5 heteroatoms. The van der Waals surface area contributed by atoms with Crippen LogP contribution in [0.25, 0.3) is 0 Å². The average Bonchev–Trinajstić information content (AvgIpc) is 2.26. The zero-order valence-corrected chi connectivity index (χ0v) is 15.3. The van der Waals surface area contributed by atoms with Gasteiger partial charge in [-0.05, 0) is 6.42 Å². The van der Waals surface area contributed by atoms with Crippen LogP contribution in [0.15, 0.2) is 12.7 Å². The third-order valence-electron chi connectivity index (χ3n) is 2.23. The molecule has 0 heterocycles. The van der Waals surface area contributed by atoms with E-state index >= 15 is 0 Å². The lowest BCUT2D eigenvalue weighted by molar-refractivity contribution is -0.137. The minimum absolute atomic E-state index is 0.181. The van der Waals surface area contributed by atoms with E-state index in [2.05, 4.69) is 51.8 Å². The lowest BCUT2D eigenvalue weighted by atomic mass is 10.2. The fraction of sp³-hybridized carbons (Fsp3) is 0.727. The predicted molar refractivity (Wildman–Crippen MR) is 89.4 cm³/mol. The maximum absolute atomic E-state index is 10.7. The maximum Gasteiger partial charge on any atom is 0.330 e. The lowest BCUT2D eigenvalue weighted by Gasteiger charge is -2.03. The SMILES string of the molecule is C=CC(=O)OCCCCCCC[SiH2]C(I)I. The van der Waals surface area contributed by atoms with E-state index in [0.717, 1.165) is 7.98 Å². The molecule has 0 aromatic carbocycles. The molecule has 0 unspecified atom stereocenters. The van der Waals surface area contributed by atoms with Gasteiger partial charge in [-0.3, -0.25) is 0 Å². The van der Waals surface area contributed by atoms with Crippen molar-refractivity contribution in [1.29, 1.82) is 0 Å². The van der Waals surface area contributed by atoms with Crippen molar-refractivity contribution in [2.24, 2.45) is 0 Å². The van der Waals surface area contributed by atoms with E-state index in [1.807, 2.05) is 0 Å². The van der Waals surface area contributed by atoms with E-state index in [4.69, 9.17) is 4.74 Å². The van der Waals surface area contributed by atoms with Crippen molar-refractivity contribution >= 4 is 60.7 Å². The van der Waals surface area contributed by atoms with E-state index in [0.29, 0.717) is 6.61 Å². The number of esters is 1. The van der Waals surface area contributed by atoms with Gasteiger partial charge in [-0.25, -0.2) is 4.79 Å². The van der Waals surface area contributed by atoms with Gasteiger partial charge in [0, 0.05) is 17.2 Å². The van der Waals surface area contributed by atoms with E-state index in [1.54, 1.807) is 0 Å². The van der Waals surface area contributed by atoms with Crippen LogP contribution in [0.3, 0.4) is 0 Å². The van der Waals surface area contributed by atoms with Crippen molar-refractivity contribution < 1.29 is 9.53 Å². The molecule has 16 heavy (non-hydrogen) atoms. The Bertz CT molecular complexity index is 198.